The number of methoxy groups -OCH3 is 2. The predicted octanol–water partition coefficient (Wildman–Crippen LogP) is 4.09. The molecule has 0 bridgehead atoms. The second-order valence-corrected chi connectivity index (χ2v) is 6.88. The van der Waals surface area contributed by atoms with Gasteiger partial charge in [0.15, 0.2) is 0 Å². The lowest BCUT2D eigenvalue weighted by atomic mass is 10.1. The Hall–Kier alpha value is -2.19. The van der Waals surface area contributed by atoms with E-state index in [4.69, 9.17) is 21.1 Å². The highest BCUT2D eigenvalue weighted by atomic mass is 35.5. The molecule has 3 rings (SSSR count). The van der Waals surface area contributed by atoms with E-state index in [1.165, 1.54) is 0 Å². The number of ether oxygens (including phenoxy) is 2. The molecule has 2 heterocycles. The zero-order chi connectivity index (χ0) is 20.3. The summed E-state index contributed by atoms with van der Waals surface area (Å²) in [6, 6.07) is 6.59. The smallest absolute Gasteiger partial charge is 0.417 e. The van der Waals surface area contributed by atoms with E-state index in [-0.39, 0.29) is 5.02 Å². The number of pyridine rings is 1. The lowest BCUT2D eigenvalue weighted by Crippen LogP contribution is -2.46. The number of nitrogens with zero attached hydrogens (tertiary/aromatic N) is 3. The molecule has 1 aliphatic heterocycles. The highest BCUT2D eigenvalue weighted by molar-refractivity contribution is 6.33. The standard InChI is InChI=1S/C19H21ClF3N3O2/c1-27-15-3-4-17(28-2)13(9-15)12-25-5-7-26(8-6-25)18-16(20)10-14(11-24-18)19(21,22)23/h3-4,9-11H,5-8,12H2,1-2H3. The third-order valence-corrected chi connectivity index (χ3v) is 4.98. The van der Waals surface area contributed by atoms with Crippen molar-refractivity contribution >= 4 is 17.4 Å². The maximum atomic E-state index is 12.8. The van der Waals surface area contributed by atoms with Gasteiger partial charge in [-0.25, -0.2) is 4.98 Å². The maximum Gasteiger partial charge on any atom is 0.417 e. The van der Waals surface area contributed by atoms with E-state index in [1.807, 2.05) is 23.1 Å². The van der Waals surface area contributed by atoms with Gasteiger partial charge in [0.25, 0.3) is 0 Å². The van der Waals surface area contributed by atoms with Gasteiger partial charge in [-0.1, -0.05) is 11.6 Å². The average Bonchev–Trinajstić information content (AvgIpc) is 2.68. The number of rotatable bonds is 5. The molecule has 152 valence electrons. The highest BCUT2D eigenvalue weighted by Gasteiger charge is 2.32. The number of piperazine rings is 1. The fraction of sp³-hybridized carbons (Fsp3) is 0.421. The van der Waals surface area contributed by atoms with Crippen LogP contribution in [-0.4, -0.2) is 50.3 Å². The Morgan fingerprint density at radius 3 is 2.36 bits per heavy atom. The van der Waals surface area contributed by atoms with Crippen molar-refractivity contribution in [2.24, 2.45) is 0 Å². The van der Waals surface area contributed by atoms with Gasteiger partial charge < -0.3 is 14.4 Å². The average molecular weight is 416 g/mol. The Morgan fingerprint density at radius 2 is 1.79 bits per heavy atom. The maximum absolute atomic E-state index is 12.8. The highest BCUT2D eigenvalue weighted by Crippen LogP contribution is 2.34. The largest absolute Gasteiger partial charge is 0.497 e. The molecule has 0 saturated carbocycles. The summed E-state index contributed by atoms with van der Waals surface area (Å²) in [6.07, 6.45) is -3.63. The van der Waals surface area contributed by atoms with Gasteiger partial charge in [0.05, 0.1) is 24.8 Å². The fourth-order valence-electron chi connectivity index (χ4n) is 3.18. The first-order valence-corrected chi connectivity index (χ1v) is 9.10. The van der Waals surface area contributed by atoms with Gasteiger partial charge in [0.2, 0.25) is 0 Å². The van der Waals surface area contributed by atoms with Gasteiger partial charge in [-0.15, -0.1) is 0 Å². The molecule has 1 aromatic carbocycles. The molecule has 1 saturated heterocycles. The van der Waals surface area contributed by atoms with Crippen LogP contribution in [0.5, 0.6) is 11.5 Å². The molecule has 1 fully saturated rings. The molecular formula is C19H21ClF3N3O2. The van der Waals surface area contributed by atoms with Crippen LogP contribution in [0, 0.1) is 0 Å². The summed E-state index contributed by atoms with van der Waals surface area (Å²) in [4.78, 5) is 8.09. The molecule has 2 aromatic rings. The summed E-state index contributed by atoms with van der Waals surface area (Å²) in [7, 11) is 3.24. The van der Waals surface area contributed by atoms with Crippen molar-refractivity contribution in [3.05, 3.63) is 46.6 Å². The molecule has 9 heteroatoms. The first-order chi connectivity index (χ1) is 13.3. The normalized spacial score (nSPS) is 15.6. The van der Waals surface area contributed by atoms with Gasteiger partial charge in [0.1, 0.15) is 17.3 Å². The minimum Gasteiger partial charge on any atom is -0.497 e. The van der Waals surface area contributed by atoms with E-state index in [0.717, 1.165) is 42.4 Å². The molecular weight excluding hydrogens is 395 g/mol. The van der Waals surface area contributed by atoms with E-state index >= 15 is 0 Å². The topological polar surface area (TPSA) is 37.8 Å². The number of anilines is 1. The van der Waals surface area contributed by atoms with Crippen LogP contribution >= 0.6 is 11.6 Å². The quantitative estimate of drug-likeness (QED) is 0.735. The Balaban J connectivity index is 1.65. The van der Waals surface area contributed by atoms with Gasteiger partial charge in [-0.2, -0.15) is 13.2 Å². The summed E-state index contributed by atoms with van der Waals surface area (Å²) in [5, 5.41) is 0.0118. The monoisotopic (exact) mass is 415 g/mol. The Kier molecular flexibility index (Phi) is 6.20. The number of aromatic nitrogens is 1. The first-order valence-electron chi connectivity index (χ1n) is 8.72. The predicted molar refractivity (Wildman–Crippen MR) is 101 cm³/mol. The number of benzene rings is 1. The molecule has 0 spiro atoms. The fourth-order valence-corrected chi connectivity index (χ4v) is 3.47. The zero-order valence-electron chi connectivity index (χ0n) is 15.6. The molecule has 1 aliphatic rings. The van der Waals surface area contributed by atoms with Crippen LogP contribution in [0.4, 0.5) is 19.0 Å². The summed E-state index contributed by atoms with van der Waals surface area (Å²) >= 11 is 6.06. The minimum absolute atomic E-state index is 0.0118. The summed E-state index contributed by atoms with van der Waals surface area (Å²) in [5.74, 6) is 1.93. The third kappa shape index (κ3) is 4.62. The second-order valence-electron chi connectivity index (χ2n) is 6.47. The van der Waals surface area contributed by atoms with E-state index < -0.39 is 11.7 Å². The van der Waals surface area contributed by atoms with Gasteiger partial charge >= 0.3 is 6.18 Å². The van der Waals surface area contributed by atoms with Crippen LogP contribution in [0.3, 0.4) is 0 Å². The van der Waals surface area contributed by atoms with Crippen molar-refractivity contribution in [3.8, 4) is 11.5 Å². The Bertz CT molecular complexity index is 825. The lowest BCUT2D eigenvalue weighted by molar-refractivity contribution is -0.137. The summed E-state index contributed by atoms with van der Waals surface area (Å²) in [5.41, 5.74) is 0.172. The van der Waals surface area contributed by atoms with Gasteiger partial charge in [0, 0.05) is 44.5 Å². The van der Waals surface area contributed by atoms with Crippen molar-refractivity contribution in [3.63, 3.8) is 0 Å². The summed E-state index contributed by atoms with van der Waals surface area (Å²) in [6.45, 7) is 3.36. The molecule has 28 heavy (non-hydrogen) atoms. The number of alkyl halides is 3. The first kappa shape index (κ1) is 20.5. The SMILES string of the molecule is COc1ccc(OC)c(CN2CCN(c3ncc(C(F)(F)F)cc3Cl)CC2)c1. The van der Waals surface area contributed by atoms with Crippen LogP contribution in [0.25, 0.3) is 0 Å². The van der Waals surface area contributed by atoms with E-state index in [1.54, 1.807) is 14.2 Å². The van der Waals surface area contributed by atoms with Gasteiger partial charge in [-0.05, 0) is 24.3 Å². The van der Waals surface area contributed by atoms with Crippen LogP contribution < -0.4 is 14.4 Å². The molecule has 0 unspecified atom stereocenters. The van der Waals surface area contributed by atoms with E-state index in [0.29, 0.717) is 25.5 Å². The van der Waals surface area contributed by atoms with Crippen molar-refractivity contribution in [1.82, 2.24) is 9.88 Å². The van der Waals surface area contributed by atoms with E-state index in [2.05, 4.69) is 9.88 Å². The molecule has 0 radical (unpaired) electrons. The molecule has 0 atom stereocenters. The van der Waals surface area contributed by atoms with Crippen LogP contribution in [-0.2, 0) is 12.7 Å². The molecule has 0 aliphatic carbocycles. The van der Waals surface area contributed by atoms with Crippen molar-refractivity contribution in [2.45, 2.75) is 12.7 Å². The Morgan fingerprint density at radius 1 is 1.07 bits per heavy atom. The van der Waals surface area contributed by atoms with Gasteiger partial charge in [-0.3, -0.25) is 4.90 Å². The van der Waals surface area contributed by atoms with Crippen molar-refractivity contribution in [2.75, 3.05) is 45.3 Å². The van der Waals surface area contributed by atoms with E-state index in [9.17, 15) is 13.2 Å². The molecule has 1 aromatic heterocycles. The molecule has 0 amide bonds. The van der Waals surface area contributed by atoms with Crippen LogP contribution in [0.2, 0.25) is 5.02 Å². The minimum atomic E-state index is -4.45. The number of hydrogen-bond donors (Lipinski definition) is 0. The third-order valence-electron chi connectivity index (χ3n) is 4.70. The molecule has 5 nitrogen and oxygen atoms in total. The van der Waals surface area contributed by atoms with Crippen molar-refractivity contribution < 1.29 is 22.6 Å². The number of hydrogen-bond acceptors (Lipinski definition) is 5. The zero-order valence-corrected chi connectivity index (χ0v) is 16.3. The molecule has 0 N–H and O–H groups in total. The Labute approximate surface area is 166 Å². The van der Waals surface area contributed by atoms with Crippen LogP contribution in [0.1, 0.15) is 11.1 Å². The lowest BCUT2D eigenvalue weighted by Gasteiger charge is -2.36. The number of halogens is 4. The van der Waals surface area contributed by atoms with Crippen LogP contribution in [0.15, 0.2) is 30.5 Å². The second kappa shape index (κ2) is 8.45. The summed E-state index contributed by atoms with van der Waals surface area (Å²) < 4.78 is 49.0. The van der Waals surface area contributed by atoms with Crippen molar-refractivity contribution in [1.29, 1.82) is 0 Å².